The van der Waals surface area contributed by atoms with Gasteiger partial charge in [-0.2, -0.15) is 0 Å². The first-order valence-electron chi connectivity index (χ1n) is 19.1. The third-order valence-electron chi connectivity index (χ3n) is 11.7. The molecule has 10 aromatic rings. The average molecular weight is 685 g/mol. The molecule has 0 spiro atoms. The van der Waals surface area contributed by atoms with Crippen LogP contribution in [0.15, 0.2) is 188 Å². The number of benzene rings is 10. The summed E-state index contributed by atoms with van der Waals surface area (Å²) in [4.78, 5) is 0. The van der Waals surface area contributed by atoms with E-state index in [1.165, 1.54) is 109 Å². The second kappa shape index (κ2) is 12.4. The summed E-state index contributed by atoms with van der Waals surface area (Å²) in [6, 6.07) is 67.9. The van der Waals surface area contributed by atoms with E-state index < -0.39 is 0 Å². The average Bonchev–Trinajstić information content (AvgIpc) is 3.25. The Bertz CT molecular complexity index is 3130. The van der Waals surface area contributed by atoms with Gasteiger partial charge in [-0.3, -0.25) is 0 Å². The minimum Gasteiger partial charge on any atom is -0.0836 e. The smallest absolute Gasteiger partial charge is 0.00261 e. The van der Waals surface area contributed by atoms with Crippen LogP contribution in [0.25, 0.3) is 104 Å². The van der Waals surface area contributed by atoms with E-state index in [2.05, 4.69) is 194 Å². The van der Waals surface area contributed by atoms with Crippen LogP contribution in [-0.2, 0) is 6.42 Å². The quantitative estimate of drug-likeness (QED) is 0.128. The van der Waals surface area contributed by atoms with E-state index in [-0.39, 0.29) is 0 Å². The Morgan fingerprint density at radius 2 is 0.759 bits per heavy atom. The van der Waals surface area contributed by atoms with Crippen molar-refractivity contribution in [2.24, 2.45) is 0 Å². The van der Waals surface area contributed by atoms with E-state index in [9.17, 15) is 0 Å². The Morgan fingerprint density at radius 3 is 1.39 bits per heavy atom. The Hall–Kier alpha value is -6.76. The molecule has 11 rings (SSSR count). The molecule has 252 valence electrons. The number of rotatable bonds is 4. The van der Waals surface area contributed by atoms with E-state index in [0.717, 1.165) is 12.8 Å². The monoisotopic (exact) mass is 684 g/mol. The lowest BCUT2D eigenvalue weighted by Gasteiger charge is -2.20. The first-order chi connectivity index (χ1) is 26.8. The summed E-state index contributed by atoms with van der Waals surface area (Å²) in [5, 5.41) is 12.8. The SMILES string of the molecule is C1=Cc2c(ccc3ccc(-c4ccc5c(-c6ccccc6)c6cc(-c7ccc8ccc9ccccc9c8c7)ccc6c(-c6ccccc6)c5c4)cc23)CC1. The van der Waals surface area contributed by atoms with Gasteiger partial charge in [-0.05, 0) is 147 Å². The standard InChI is InChI=1S/C54H36/c1-3-13-39(14-4-1)53-47-29-27-44(42-26-24-38-22-20-36-12-8-10-18-46(36)50(38)32-42)34-52(47)54(40-15-5-2-6-16-40)48-30-28-43(33-51(48)53)41-25-23-37-21-19-35-11-7-9-17-45(35)49(37)31-41/h1-7,9-11,13-34H,8,12H2. The number of allylic oxidation sites excluding steroid dienone is 1. The van der Waals surface area contributed by atoms with Crippen molar-refractivity contribution in [1.29, 1.82) is 0 Å². The van der Waals surface area contributed by atoms with E-state index in [1.54, 1.807) is 0 Å². The van der Waals surface area contributed by atoms with Gasteiger partial charge in [0.2, 0.25) is 0 Å². The highest BCUT2D eigenvalue weighted by Crippen LogP contribution is 2.46. The topological polar surface area (TPSA) is 0 Å². The lowest BCUT2D eigenvalue weighted by molar-refractivity contribution is 0.990. The Morgan fingerprint density at radius 1 is 0.296 bits per heavy atom. The largest absolute Gasteiger partial charge is 0.0836 e. The van der Waals surface area contributed by atoms with Crippen molar-refractivity contribution in [1.82, 2.24) is 0 Å². The molecule has 0 radical (unpaired) electrons. The van der Waals surface area contributed by atoms with Crippen LogP contribution in [0.4, 0.5) is 0 Å². The van der Waals surface area contributed by atoms with E-state index in [4.69, 9.17) is 0 Å². The van der Waals surface area contributed by atoms with Gasteiger partial charge >= 0.3 is 0 Å². The van der Waals surface area contributed by atoms with Gasteiger partial charge in [-0.25, -0.2) is 0 Å². The molecule has 0 aromatic heterocycles. The molecule has 0 amide bonds. The highest BCUT2D eigenvalue weighted by atomic mass is 14.2. The van der Waals surface area contributed by atoms with Gasteiger partial charge in [0.25, 0.3) is 0 Å². The van der Waals surface area contributed by atoms with E-state index in [1.807, 2.05) is 0 Å². The van der Waals surface area contributed by atoms with Gasteiger partial charge in [0, 0.05) is 0 Å². The molecule has 10 aromatic carbocycles. The lowest BCUT2D eigenvalue weighted by Crippen LogP contribution is -1.95. The maximum Gasteiger partial charge on any atom is -0.00261 e. The molecule has 54 heavy (non-hydrogen) atoms. The van der Waals surface area contributed by atoms with Crippen LogP contribution in [0.3, 0.4) is 0 Å². The van der Waals surface area contributed by atoms with Crippen molar-refractivity contribution in [2.75, 3.05) is 0 Å². The minimum absolute atomic E-state index is 1.11. The second-order valence-electron chi connectivity index (χ2n) is 14.7. The molecule has 0 saturated heterocycles. The van der Waals surface area contributed by atoms with Crippen LogP contribution in [-0.4, -0.2) is 0 Å². The van der Waals surface area contributed by atoms with Gasteiger partial charge < -0.3 is 0 Å². The van der Waals surface area contributed by atoms with Crippen molar-refractivity contribution >= 4 is 59.9 Å². The Kier molecular flexibility index (Phi) is 7.10. The highest BCUT2D eigenvalue weighted by molar-refractivity contribution is 6.22. The normalized spacial score (nSPS) is 12.6. The highest BCUT2D eigenvalue weighted by Gasteiger charge is 2.19. The Labute approximate surface area is 315 Å². The maximum absolute atomic E-state index is 2.44. The van der Waals surface area contributed by atoms with Crippen LogP contribution in [0.2, 0.25) is 0 Å². The van der Waals surface area contributed by atoms with Crippen molar-refractivity contribution in [3.8, 4) is 44.5 Å². The molecular formula is C54H36. The van der Waals surface area contributed by atoms with Crippen LogP contribution < -0.4 is 0 Å². The first kappa shape index (κ1) is 30.8. The van der Waals surface area contributed by atoms with Crippen molar-refractivity contribution in [3.05, 3.63) is 199 Å². The zero-order chi connectivity index (χ0) is 35.6. The van der Waals surface area contributed by atoms with Crippen molar-refractivity contribution in [3.63, 3.8) is 0 Å². The molecule has 1 aliphatic carbocycles. The van der Waals surface area contributed by atoms with Crippen LogP contribution in [0.5, 0.6) is 0 Å². The fraction of sp³-hybridized carbons (Fsp3) is 0.0370. The molecule has 0 atom stereocenters. The fourth-order valence-corrected chi connectivity index (χ4v) is 9.02. The molecule has 1 aliphatic rings. The molecule has 0 heterocycles. The fourth-order valence-electron chi connectivity index (χ4n) is 9.02. The molecule has 0 nitrogen and oxygen atoms in total. The molecule has 0 heteroatoms. The second-order valence-corrected chi connectivity index (χ2v) is 14.7. The molecule has 0 saturated carbocycles. The third-order valence-corrected chi connectivity index (χ3v) is 11.7. The summed E-state index contributed by atoms with van der Waals surface area (Å²) in [6.07, 6.45) is 6.87. The molecule has 0 bridgehead atoms. The molecular weight excluding hydrogens is 649 g/mol. The molecule has 0 N–H and O–H groups in total. The van der Waals surface area contributed by atoms with Gasteiger partial charge in [0.1, 0.15) is 0 Å². The van der Waals surface area contributed by atoms with E-state index in [0.29, 0.717) is 0 Å². The number of hydrogen-bond donors (Lipinski definition) is 0. The minimum atomic E-state index is 1.11. The van der Waals surface area contributed by atoms with Gasteiger partial charge in [0.05, 0.1) is 0 Å². The Balaban J connectivity index is 1.19. The predicted molar refractivity (Wildman–Crippen MR) is 233 cm³/mol. The van der Waals surface area contributed by atoms with Gasteiger partial charge in [0.15, 0.2) is 0 Å². The number of aryl methyl sites for hydroxylation is 1. The summed E-state index contributed by atoms with van der Waals surface area (Å²) in [5.74, 6) is 0. The summed E-state index contributed by atoms with van der Waals surface area (Å²) in [6.45, 7) is 0. The number of hydrogen-bond acceptors (Lipinski definition) is 0. The third kappa shape index (κ3) is 4.99. The van der Waals surface area contributed by atoms with Gasteiger partial charge in [-0.1, -0.05) is 170 Å². The first-order valence-corrected chi connectivity index (χ1v) is 19.1. The zero-order valence-corrected chi connectivity index (χ0v) is 29.9. The summed E-state index contributed by atoms with van der Waals surface area (Å²) in [5.41, 5.74) is 12.8. The summed E-state index contributed by atoms with van der Waals surface area (Å²) < 4.78 is 0. The van der Waals surface area contributed by atoms with Crippen LogP contribution in [0, 0.1) is 0 Å². The van der Waals surface area contributed by atoms with Gasteiger partial charge in [-0.15, -0.1) is 0 Å². The summed E-state index contributed by atoms with van der Waals surface area (Å²) >= 11 is 0. The van der Waals surface area contributed by atoms with E-state index >= 15 is 0 Å². The number of fused-ring (bicyclic) bond motifs is 8. The molecule has 0 unspecified atom stereocenters. The zero-order valence-electron chi connectivity index (χ0n) is 29.9. The summed E-state index contributed by atoms with van der Waals surface area (Å²) in [7, 11) is 0. The van der Waals surface area contributed by atoms with Crippen LogP contribution in [0.1, 0.15) is 17.5 Å². The maximum atomic E-state index is 2.44. The van der Waals surface area contributed by atoms with Crippen molar-refractivity contribution in [2.45, 2.75) is 12.8 Å². The van der Waals surface area contributed by atoms with Crippen LogP contribution >= 0.6 is 0 Å². The molecule has 0 aliphatic heterocycles. The predicted octanol–water partition coefficient (Wildman–Crippen LogP) is 15.1. The van der Waals surface area contributed by atoms with Crippen molar-refractivity contribution < 1.29 is 0 Å². The molecule has 0 fully saturated rings. The lowest BCUT2D eigenvalue weighted by atomic mass is 9.83.